The zero-order chi connectivity index (χ0) is 26.2. The van der Waals surface area contributed by atoms with E-state index in [1.807, 2.05) is 35.1 Å². The maximum absolute atomic E-state index is 14.5. The number of hydrogen-bond acceptors (Lipinski definition) is 5. The van der Waals surface area contributed by atoms with Gasteiger partial charge >= 0.3 is 0 Å². The minimum absolute atomic E-state index is 0.00477. The number of rotatable bonds is 6. The van der Waals surface area contributed by atoms with E-state index in [9.17, 15) is 9.50 Å². The van der Waals surface area contributed by atoms with Gasteiger partial charge in [0.05, 0.1) is 39.3 Å². The molecule has 3 saturated carbocycles. The largest absolute Gasteiger partial charge is 0.382 e. The molecule has 38 heavy (non-hydrogen) atoms. The maximum Gasteiger partial charge on any atom is 0.151 e. The molecule has 3 fully saturated rings. The third kappa shape index (κ3) is 4.14. The number of benzene rings is 2. The number of aliphatic hydroxyl groups is 1. The molecule has 3 aliphatic carbocycles. The molecule has 2 bridgehead atoms. The fourth-order valence-electron chi connectivity index (χ4n) is 6.46. The molecule has 0 saturated heterocycles. The van der Waals surface area contributed by atoms with Crippen LogP contribution >= 0.6 is 50.5 Å². The molecular formula is C28H25BrCl2FN3O2S. The lowest BCUT2D eigenvalue weighted by molar-refractivity contribution is -0.116. The smallest absolute Gasteiger partial charge is 0.151 e. The van der Waals surface area contributed by atoms with Crippen LogP contribution in [0.4, 0.5) is 4.39 Å². The first-order valence-corrected chi connectivity index (χ1v) is 15.3. The van der Waals surface area contributed by atoms with E-state index in [0.717, 1.165) is 48.9 Å². The molecule has 2 heterocycles. The second-order valence-corrected chi connectivity index (χ2v) is 13.5. The summed E-state index contributed by atoms with van der Waals surface area (Å²) >= 11 is 17.8. The first-order chi connectivity index (χ1) is 18.3. The quantitative estimate of drug-likeness (QED) is 0.232. The van der Waals surface area contributed by atoms with E-state index in [1.165, 1.54) is 23.0 Å². The van der Waals surface area contributed by atoms with Gasteiger partial charge in [0, 0.05) is 4.47 Å². The molecule has 7 rings (SSSR count). The predicted octanol–water partition coefficient (Wildman–Crippen LogP) is 8.16. The van der Waals surface area contributed by atoms with Crippen molar-refractivity contribution in [3.63, 3.8) is 0 Å². The minimum atomic E-state index is -1.05. The second kappa shape index (κ2) is 9.53. The van der Waals surface area contributed by atoms with E-state index in [1.54, 1.807) is 0 Å². The van der Waals surface area contributed by atoms with E-state index < -0.39 is 5.60 Å². The lowest BCUT2D eigenvalue weighted by Gasteiger charge is -2.41. The lowest BCUT2D eigenvalue weighted by Crippen LogP contribution is -2.44. The number of para-hydroxylation sites is 1. The van der Waals surface area contributed by atoms with Gasteiger partial charge in [0.2, 0.25) is 0 Å². The van der Waals surface area contributed by atoms with Crippen LogP contribution in [0.3, 0.4) is 0 Å². The summed E-state index contributed by atoms with van der Waals surface area (Å²) in [5, 5.41) is 18.3. The van der Waals surface area contributed by atoms with Gasteiger partial charge < -0.3 is 9.84 Å². The third-order valence-electron chi connectivity index (χ3n) is 8.48. The van der Waals surface area contributed by atoms with E-state index in [2.05, 4.69) is 26.0 Å². The van der Waals surface area contributed by atoms with Crippen LogP contribution in [-0.4, -0.2) is 26.0 Å². The summed E-state index contributed by atoms with van der Waals surface area (Å²) in [6.45, 7) is 0.399. The van der Waals surface area contributed by atoms with Crippen LogP contribution in [0.25, 0.3) is 15.9 Å². The molecule has 4 aromatic rings. The fraction of sp³-hybridized carbons (Fsp3) is 0.429. The van der Waals surface area contributed by atoms with Gasteiger partial charge in [-0.15, -0.1) is 11.3 Å². The molecule has 10 heteroatoms. The Balaban J connectivity index is 1.14. The third-order valence-corrected chi connectivity index (χ3v) is 10.7. The van der Waals surface area contributed by atoms with Gasteiger partial charge in [0.1, 0.15) is 21.8 Å². The molecule has 2 atom stereocenters. The van der Waals surface area contributed by atoms with Crippen molar-refractivity contribution in [3.05, 3.63) is 73.1 Å². The van der Waals surface area contributed by atoms with Gasteiger partial charge in [0.15, 0.2) is 5.82 Å². The number of fused-ring (bicyclic) bond motifs is 3. The van der Waals surface area contributed by atoms with Crippen LogP contribution in [0, 0.1) is 17.7 Å². The maximum atomic E-state index is 14.5. The zero-order valence-corrected chi connectivity index (χ0v) is 24.3. The Hall–Kier alpha value is -1.55. The van der Waals surface area contributed by atoms with E-state index >= 15 is 0 Å². The Morgan fingerprint density at radius 1 is 1.13 bits per heavy atom. The molecule has 0 spiro atoms. The second-order valence-electron chi connectivity index (χ2n) is 10.8. The molecule has 5 nitrogen and oxygen atoms in total. The Labute approximate surface area is 242 Å². The first-order valence-electron chi connectivity index (χ1n) is 12.9. The monoisotopic (exact) mass is 635 g/mol. The highest BCUT2D eigenvalue weighted by Gasteiger charge is 2.56. The number of aromatic nitrogens is 3. The SMILES string of the molecule is OC1(c2nc3c(F)cc(Br)cc3s2)C2CCC1CC(OCc1c(C3CC3)cnn1-c1c(Cl)cccc1Cl)C2. The highest BCUT2D eigenvalue weighted by molar-refractivity contribution is 9.10. The van der Waals surface area contributed by atoms with Crippen molar-refractivity contribution >= 4 is 60.7 Å². The Kier molecular flexibility index (Phi) is 6.37. The van der Waals surface area contributed by atoms with Gasteiger partial charge in [-0.2, -0.15) is 5.10 Å². The van der Waals surface area contributed by atoms with Gasteiger partial charge in [-0.3, -0.25) is 0 Å². The Morgan fingerprint density at radius 2 is 1.84 bits per heavy atom. The van der Waals surface area contributed by atoms with Crippen molar-refractivity contribution < 1.29 is 14.2 Å². The van der Waals surface area contributed by atoms with Crippen LogP contribution < -0.4 is 0 Å². The van der Waals surface area contributed by atoms with Gasteiger partial charge in [-0.25, -0.2) is 14.1 Å². The summed E-state index contributed by atoms with van der Waals surface area (Å²) in [6.07, 6.45) is 7.50. The number of hydrogen-bond donors (Lipinski definition) is 1. The van der Waals surface area contributed by atoms with Crippen molar-refractivity contribution in [2.45, 2.75) is 62.8 Å². The normalized spacial score (nSPS) is 26.9. The zero-order valence-electron chi connectivity index (χ0n) is 20.3. The molecule has 0 amide bonds. The first kappa shape index (κ1) is 25.4. The molecule has 3 aliphatic rings. The summed E-state index contributed by atoms with van der Waals surface area (Å²) in [7, 11) is 0. The van der Waals surface area contributed by atoms with Crippen molar-refractivity contribution in [2.24, 2.45) is 11.8 Å². The highest BCUT2D eigenvalue weighted by Crippen LogP contribution is 2.57. The summed E-state index contributed by atoms with van der Waals surface area (Å²) < 4.78 is 24.4. The minimum Gasteiger partial charge on any atom is -0.382 e. The summed E-state index contributed by atoms with van der Waals surface area (Å²) in [5.41, 5.74) is 2.14. The summed E-state index contributed by atoms with van der Waals surface area (Å²) in [4.78, 5) is 4.60. The molecule has 2 aromatic heterocycles. The molecule has 2 unspecified atom stereocenters. The topological polar surface area (TPSA) is 60.2 Å². The van der Waals surface area contributed by atoms with Crippen molar-refractivity contribution in [2.75, 3.05) is 0 Å². The van der Waals surface area contributed by atoms with E-state index in [0.29, 0.717) is 43.3 Å². The molecule has 0 radical (unpaired) electrons. The summed E-state index contributed by atoms with van der Waals surface area (Å²) in [5.74, 6) is 0.163. The highest BCUT2D eigenvalue weighted by atomic mass is 79.9. The molecule has 2 aromatic carbocycles. The fourth-order valence-corrected chi connectivity index (χ4v) is 8.87. The van der Waals surface area contributed by atoms with Crippen molar-refractivity contribution in [3.8, 4) is 5.69 Å². The van der Waals surface area contributed by atoms with Crippen LogP contribution in [0.1, 0.15) is 60.7 Å². The Bertz CT molecular complexity index is 1520. The standard InChI is InChI=1S/C28H25BrCl2FN3O2S/c29-17-10-22(32)25-24(11-17)38-27(34-25)28(36)15-6-7-16(28)9-18(8-15)37-13-23-19(14-4-5-14)12-33-35(23)26-20(30)2-1-3-21(26)31/h1-3,10-12,14-16,18,36H,4-9,13H2. The van der Waals surface area contributed by atoms with Crippen molar-refractivity contribution in [1.82, 2.24) is 14.8 Å². The number of ether oxygens (including phenoxy) is 1. The van der Waals surface area contributed by atoms with Crippen molar-refractivity contribution in [1.29, 1.82) is 0 Å². The number of halogens is 4. The predicted molar refractivity (Wildman–Crippen MR) is 151 cm³/mol. The van der Waals surface area contributed by atoms with Crippen LogP contribution in [0.15, 0.2) is 41.0 Å². The van der Waals surface area contributed by atoms with Crippen LogP contribution in [-0.2, 0) is 16.9 Å². The van der Waals surface area contributed by atoms with Gasteiger partial charge in [-0.05, 0) is 86.1 Å². The molecule has 1 N–H and O–H groups in total. The molecule has 0 aliphatic heterocycles. The molecule has 198 valence electrons. The van der Waals surface area contributed by atoms with Crippen LogP contribution in [0.5, 0.6) is 0 Å². The number of thiazole rings is 1. The summed E-state index contributed by atoms with van der Waals surface area (Å²) in [6, 6.07) is 8.75. The lowest BCUT2D eigenvalue weighted by atomic mass is 9.73. The van der Waals surface area contributed by atoms with E-state index in [4.69, 9.17) is 27.9 Å². The average Bonchev–Trinajstić information content (AvgIpc) is 3.46. The average molecular weight is 637 g/mol. The van der Waals surface area contributed by atoms with E-state index in [-0.39, 0.29) is 23.8 Å². The molecular weight excluding hydrogens is 612 g/mol. The van der Waals surface area contributed by atoms with Crippen LogP contribution in [0.2, 0.25) is 10.0 Å². The number of nitrogens with zero attached hydrogens (tertiary/aromatic N) is 3. The van der Waals surface area contributed by atoms with Gasteiger partial charge in [-0.1, -0.05) is 45.2 Å². The van der Waals surface area contributed by atoms with Gasteiger partial charge in [0.25, 0.3) is 0 Å². The Morgan fingerprint density at radius 3 is 2.53 bits per heavy atom.